The molecule has 3 atom stereocenters. The van der Waals surface area contributed by atoms with Gasteiger partial charge in [0.2, 0.25) is 11.8 Å². The summed E-state index contributed by atoms with van der Waals surface area (Å²) in [6.45, 7) is 8.42. The number of carbonyl (C=O) groups is 3. The van der Waals surface area contributed by atoms with Crippen molar-refractivity contribution >= 4 is 29.1 Å². The average Bonchev–Trinajstić information content (AvgIpc) is 3.60. The van der Waals surface area contributed by atoms with E-state index in [1.54, 1.807) is 16.2 Å². The van der Waals surface area contributed by atoms with E-state index < -0.39 is 18.2 Å². The van der Waals surface area contributed by atoms with E-state index in [2.05, 4.69) is 10.3 Å². The first kappa shape index (κ1) is 27.0. The summed E-state index contributed by atoms with van der Waals surface area (Å²) in [5, 5.41) is 13.4. The van der Waals surface area contributed by atoms with Crippen LogP contribution in [0.25, 0.3) is 10.4 Å². The summed E-state index contributed by atoms with van der Waals surface area (Å²) >= 11 is 1.59. The second-order valence-corrected chi connectivity index (χ2v) is 11.7. The van der Waals surface area contributed by atoms with Crippen LogP contribution in [0.2, 0.25) is 0 Å². The molecule has 2 aromatic carbocycles. The average molecular weight is 547 g/mol. The molecule has 1 aromatic heterocycles. The maximum atomic E-state index is 13.9. The zero-order valence-electron chi connectivity index (χ0n) is 22.7. The number of aromatic nitrogens is 1. The lowest BCUT2D eigenvalue weighted by Crippen LogP contribution is -2.55. The number of likely N-dealkylation sites (tertiary alicyclic amines) is 1. The molecule has 0 unspecified atom stereocenters. The maximum Gasteiger partial charge on any atom is 0.255 e. The van der Waals surface area contributed by atoms with E-state index in [4.69, 9.17) is 0 Å². The minimum absolute atomic E-state index is 0.0665. The van der Waals surface area contributed by atoms with Crippen LogP contribution in [-0.2, 0) is 22.7 Å². The number of fused-ring (bicyclic) bond motifs is 1. The molecule has 1 saturated heterocycles. The number of rotatable bonds is 7. The predicted octanol–water partition coefficient (Wildman–Crippen LogP) is 3.69. The molecule has 0 aliphatic carbocycles. The zero-order valence-corrected chi connectivity index (χ0v) is 23.5. The topological polar surface area (TPSA) is 103 Å². The van der Waals surface area contributed by atoms with Crippen molar-refractivity contribution in [2.45, 2.75) is 65.4 Å². The number of β-amino-alcohol motifs (C(OH)–C–C–N with tert-alkyl or cyclic N) is 1. The van der Waals surface area contributed by atoms with E-state index in [9.17, 15) is 19.5 Å². The van der Waals surface area contributed by atoms with Gasteiger partial charge in [-0.15, -0.1) is 11.3 Å². The predicted molar refractivity (Wildman–Crippen MR) is 150 cm³/mol. The first-order chi connectivity index (χ1) is 18.7. The summed E-state index contributed by atoms with van der Waals surface area (Å²) in [4.78, 5) is 49.0. The Morgan fingerprint density at radius 1 is 1.15 bits per heavy atom. The summed E-state index contributed by atoms with van der Waals surface area (Å²) in [5.74, 6) is -0.937. The van der Waals surface area contributed by atoms with Crippen molar-refractivity contribution in [1.29, 1.82) is 0 Å². The quantitative estimate of drug-likeness (QED) is 0.471. The molecule has 3 heterocycles. The summed E-state index contributed by atoms with van der Waals surface area (Å²) < 4.78 is 0. The summed E-state index contributed by atoms with van der Waals surface area (Å²) in [7, 11) is 0. The second-order valence-electron chi connectivity index (χ2n) is 10.8. The van der Waals surface area contributed by atoms with Crippen LogP contribution in [0.5, 0.6) is 0 Å². The Hall–Kier alpha value is -3.56. The highest BCUT2D eigenvalue weighted by atomic mass is 32.1. The van der Waals surface area contributed by atoms with Crippen molar-refractivity contribution in [3.8, 4) is 10.4 Å². The molecule has 0 saturated carbocycles. The Morgan fingerprint density at radius 3 is 2.54 bits per heavy atom. The van der Waals surface area contributed by atoms with Crippen LogP contribution in [0.4, 0.5) is 0 Å². The zero-order chi connectivity index (χ0) is 27.8. The lowest BCUT2D eigenvalue weighted by atomic mass is 10.00. The number of hydrogen-bond donors (Lipinski definition) is 2. The molecule has 5 rings (SSSR count). The summed E-state index contributed by atoms with van der Waals surface area (Å²) in [6, 6.07) is 12.2. The SMILES string of the molecule is Cc1cccc2c1C(=O)N([C@H](C(=O)N1C[C@H](O)C[C@H]1C(=O)NCc1ccc(-c3scnc3C)cc1)C(C)C)C2. The fraction of sp³-hybridized carbons (Fsp3) is 0.400. The van der Waals surface area contributed by atoms with Gasteiger partial charge >= 0.3 is 0 Å². The molecular weight excluding hydrogens is 512 g/mol. The van der Waals surface area contributed by atoms with Crippen molar-refractivity contribution in [3.63, 3.8) is 0 Å². The Balaban J connectivity index is 1.28. The maximum absolute atomic E-state index is 13.9. The van der Waals surface area contributed by atoms with Gasteiger partial charge < -0.3 is 20.2 Å². The molecule has 2 aliphatic heterocycles. The van der Waals surface area contributed by atoms with Crippen molar-refractivity contribution in [3.05, 3.63) is 75.9 Å². The van der Waals surface area contributed by atoms with Crippen LogP contribution < -0.4 is 5.32 Å². The van der Waals surface area contributed by atoms with E-state index in [0.29, 0.717) is 18.7 Å². The van der Waals surface area contributed by atoms with E-state index in [1.807, 2.05) is 75.7 Å². The van der Waals surface area contributed by atoms with Gasteiger partial charge in [0.15, 0.2) is 0 Å². The Bertz CT molecular complexity index is 1400. The first-order valence-corrected chi connectivity index (χ1v) is 14.2. The van der Waals surface area contributed by atoms with Gasteiger partial charge in [-0.2, -0.15) is 0 Å². The number of aryl methyl sites for hydroxylation is 2. The van der Waals surface area contributed by atoms with E-state index in [1.165, 1.54) is 4.90 Å². The van der Waals surface area contributed by atoms with Crippen molar-refractivity contribution in [2.75, 3.05) is 6.54 Å². The minimum Gasteiger partial charge on any atom is -0.391 e. The van der Waals surface area contributed by atoms with Gasteiger partial charge in [-0.3, -0.25) is 14.4 Å². The number of hydrogen-bond acceptors (Lipinski definition) is 6. The largest absolute Gasteiger partial charge is 0.391 e. The molecule has 3 aromatic rings. The molecule has 0 bridgehead atoms. The molecule has 2 aliphatic rings. The van der Waals surface area contributed by atoms with Crippen LogP contribution in [0, 0.1) is 19.8 Å². The van der Waals surface area contributed by atoms with Gasteiger partial charge in [0, 0.05) is 31.6 Å². The Labute approximate surface area is 232 Å². The van der Waals surface area contributed by atoms with Crippen LogP contribution in [0.15, 0.2) is 48.0 Å². The van der Waals surface area contributed by atoms with E-state index >= 15 is 0 Å². The molecule has 39 heavy (non-hydrogen) atoms. The highest BCUT2D eigenvalue weighted by Gasteiger charge is 2.46. The third kappa shape index (κ3) is 5.21. The van der Waals surface area contributed by atoms with E-state index in [0.717, 1.165) is 32.8 Å². The standard InChI is InChI=1S/C30H34N4O4S/c1-17(2)26(34-14-22-7-5-6-18(3)25(22)29(34)37)30(38)33-15-23(35)12-24(33)28(36)31-13-20-8-10-21(11-9-20)27-19(4)32-16-39-27/h5-11,16-17,23-24,26,35H,12-15H2,1-4H3,(H,31,36)/t23-,24+,26+/m1/s1. The molecule has 9 heteroatoms. The number of aliphatic hydroxyl groups is 1. The normalized spacial score (nSPS) is 19.5. The number of amides is 3. The minimum atomic E-state index is -0.798. The molecular formula is C30H34N4O4S. The van der Waals surface area contributed by atoms with E-state index in [-0.39, 0.29) is 36.6 Å². The van der Waals surface area contributed by atoms with Crippen LogP contribution in [-0.4, -0.2) is 62.3 Å². The van der Waals surface area contributed by atoms with Gasteiger partial charge in [0.25, 0.3) is 5.91 Å². The number of benzene rings is 2. The number of nitrogens with zero attached hydrogens (tertiary/aromatic N) is 3. The summed E-state index contributed by atoms with van der Waals surface area (Å²) in [6.07, 6.45) is -0.632. The number of aliphatic hydroxyl groups excluding tert-OH is 1. The van der Waals surface area contributed by atoms with Crippen molar-refractivity contribution < 1.29 is 19.5 Å². The summed E-state index contributed by atoms with van der Waals surface area (Å²) in [5.41, 5.74) is 7.27. The third-order valence-electron chi connectivity index (χ3n) is 7.69. The Kier molecular flexibility index (Phi) is 7.55. The van der Waals surface area contributed by atoms with Gasteiger partial charge in [-0.1, -0.05) is 56.3 Å². The number of nitrogens with one attached hydrogen (secondary N) is 1. The van der Waals surface area contributed by atoms with Crippen LogP contribution in [0.1, 0.15) is 53.0 Å². The lowest BCUT2D eigenvalue weighted by molar-refractivity contribution is -0.143. The monoisotopic (exact) mass is 546 g/mol. The van der Waals surface area contributed by atoms with Gasteiger partial charge in [0.1, 0.15) is 12.1 Å². The molecule has 3 amide bonds. The molecule has 204 valence electrons. The smallest absolute Gasteiger partial charge is 0.255 e. The van der Waals surface area contributed by atoms with Gasteiger partial charge in [-0.05, 0) is 42.0 Å². The number of carbonyl (C=O) groups excluding carboxylic acids is 3. The van der Waals surface area contributed by atoms with Crippen LogP contribution >= 0.6 is 11.3 Å². The third-order valence-corrected chi connectivity index (χ3v) is 8.67. The first-order valence-electron chi connectivity index (χ1n) is 13.3. The molecule has 8 nitrogen and oxygen atoms in total. The van der Waals surface area contributed by atoms with Gasteiger partial charge in [0.05, 0.1) is 22.2 Å². The lowest BCUT2D eigenvalue weighted by Gasteiger charge is -2.35. The van der Waals surface area contributed by atoms with Crippen molar-refractivity contribution in [2.24, 2.45) is 5.92 Å². The van der Waals surface area contributed by atoms with Crippen LogP contribution in [0.3, 0.4) is 0 Å². The highest BCUT2D eigenvalue weighted by molar-refractivity contribution is 7.13. The number of thiazole rings is 1. The fourth-order valence-electron chi connectivity index (χ4n) is 5.70. The molecule has 1 fully saturated rings. The second kappa shape index (κ2) is 10.9. The fourth-order valence-corrected chi connectivity index (χ4v) is 6.52. The highest BCUT2D eigenvalue weighted by Crippen LogP contribution is 2.32. The Morgan fingerprint density at radius 2 is 1.90 bits per heavy atom. The molecule has 0 spiro atoms. The molecule has 0 radical (unpaired) electrons. The van der Waals surface area contributed by atoms with Crippen molar-refractivity contribution in [1.82, 2.24) is 20.1 Å². The van der Waals surface area contributed by atoms with Gasteiger partial charge in [-0.25, -0.2) is 4.98 Å². The molecule has 2 N–H and O–H groups in total.